The third-order valence-electron chi connectivity index (χ3n) is 3.24. The molecule has 0 aromatic heterocycles. The topological polar surface area (TPSA) is 57.5 Å². The molecule has 0 radical (unpaired) electrons. The largest absolute Gasteiger partial charge is 0.481 e. The molecule has 0 fully saturated rings. The summed E-state index contributed by atoms with van der Waals surface area (Å²) in [6.07, 6.45) is 14.5. The fraction of sp³-hybridized carbons (Fsp3) is 0.812. The number of allylic oxidation sites excluding steroid dienone is 2. The molecule has 2 N–H and O–H groups in total. The molecular formula is C16H30O3. The van der Waals surface area contributed by atoms with Gasteiger partial charge in [-0.25, -0.2) is 0 Å². The molecule has 1 unspecified atom stereocenters. The molecule has 0 saturated heterocycles. The summed E-state index contributed by atoms with van der Waals surface area (Å²) in [6.45, 7) is 2.22. The molecule has 0 amide bonds. The van der Waals surface area contributed by atoms with Crippen molar-refractivity contribution in [2.75, 3.05) is 0 Å². The Balaban J connectivity index is 3.30. The standard InChI is InChI=1S/C16H30O3/c1-2-3-4-5-6-7-8-9-12-15(17)13-10-11-14-16(18)19/h7-8,15,17H,2-6,9-14H2,1H3,(H,18,19)/b8-7+. The Labute approximate surface area is 117 Å². The summed E-state index contributed by atoms with van der Waals surface area (Å²) in [5, 5.41) is 18.2. The minimum atomic E-state index is -0.750. The first-order valence-electron chi connectivity index (χ1n) is 7.71. The maximum atomic E-state index is 10.3. The van der Waals surface area contributed by atoms with E-state index in [9.17, 15) is 9.90 Å². The van der Waals surface area contributed by atoms with Crippen molar-refractivity contribution >= 4 is 5.97 Å². The highest BCUT2D eigenvalue weighted by Crippen LogP contribution is 2.09. The van der Waals surface area contributed by atoms with Crippen molar-refractivity contribution in [2.24, 2.45) is 0 Å². The normalized spacial score (nSPS) is 12.9. The van der Waals surface area contributed by atoms with Gasteiger partial charge in [0.15, 0.2) is 0 Å². The van der Waals surface area contributed by atoms with Crippen molar-refractivity contribution in [3.05, 3.63) is 12.2 Å². The second kappa shape index (κ2) is 13.6. The van der Waals surface area contributed by atoms with Crippen molar-refractivity contribution < 1.29 is 15.0 Å². The number of rotatable bonds is 13. The lowest BCUT2D eigenvalue weighted by molar-refractivity contribution is -0.137. The summed E-state index contributed by atoms with van der Waals surface area (Å²) < 4.78 is 0. The molecule has 1 atom stereocenters. The van der Waals surface area contributed by atoms with Crippen LogP contribution in [0.4, 0.5) is 0 Å². The molecule has 3 heteroatoms. The maximum Gasteiger partial charge on any atom is 0.303 e. The molecule has 0 spiro atoms. The molecule has 0 saturated carbocycles. The highest BCUT2D eigenvalue weighted by Gasteiger charge is 2.03. The Morgan fingerprint density at radius 2 is 1.74 bits per heavy atom. The van der Waals surface area contributed by atoms with E-state index in [1.165, 1.54) is 25.7 Å². The number of aliphatic carboxylic acids is 1. The number of unbranched alkanes of at least 4 members (excludes halogenated alkanes) is 5. The van der Waals surface area contributed by atoms with Crippen LogP contribution in [-0.4, -0.2) is 22.3 Å². The first kappa shape index (κ1) is 18.2. The van der Waals surface area contributed by atoms with Gasteiger partial charge in [-0.3, -0.25) is 4.79 Å². The second-order valence-electron chi connectivity index (χ2n) is 5.19. The van der Waals surface area contributed by atoms with Gasteiger partial charge in [0.2, 0.25) is 0 Å². The molecule has 0 aromatic carbocycles. The van der Waals surface area contributed by atoms with Gasteiger partial charge in [0.1, 0.15) is 0 Å². The van der Waals surface area contributed by atoms with E-state index in [0.717, 1.165) is 32.1 Å². The van der Waals surface area contributed by atoms with Crippen molar-refractivity contribution in [1.29, 1.82) is 0 Å². The Hall–Kier alpha value is -0.830. The number of carbonyl (C=O) groups is 1. The summed E-state index contributed by atoms with van der Waals surface area (Å²) in [6, 6.07) is 0. The van der Waals surface area contributed by atoms with Crippen LogP contribution in [0.15, 0.2) is 12.2 Å². The average Bonchev–Trinajstić information content (AvgIpc) is 2.37. The zero-order valence-electron chi connectivity index (χ0n) is 12.3. The van der Waals surface area contributed by atoms with E-state index in [2.05, 4.69) is 19.1 Å². The number of aliphatic hydroxyl groups is 1. The van der Waals surface area contributed by atoms with Gasteiger partial charge in [0.05, 0.1) is 6.10 Å². The van der Waals surface area contributed by atoms with E-state index >= 15 is 0 Å². The summed E-state index contributed by atoms with van der Waals surface area (Å²) in [5.41, 5.74) is 0. The van der Waals surface area contributed by atoms with Crippen LogP contribution < -0.4 is 0 Å². The van der Waals surface area contributed by atoms with Gasteiger partial charge < -0.3 is 10.2 Å². The van der Waals surface area contributed by atoms with E-state index in [1.54, 1.807) is 0 Å². The molecule has 19 heavy (non-hydrogen) atoms. The van der Waals surface area contributed by atoms with Crippen LogP contribution in [0.5, 0.6) is 0 Å². The predicted molar refractivity (Wildman–Crippen MR) is 79.2 cm³/mol. The van der Waals surface area contributed by atoms with E-state index in [4.69, 9.17) is 5.11 Å². The van der Waals surface area contributed by atoms with Gasteiger partial charge in [-0.05, 0) is 38.5 Å². The van der Waals surface area contributed by atoms with Crippen LogP contribution in [0.3, 0.4) is 0 Å². The van der Waals surface area contributed by atoms with Gasteiger partial charge >= 0.3 is 5.97 Å². The van der Waals surface area contributed by atoms with Crippen molar-refractivity contribution in [2.45, 2.75) is 83.7 Å². The molecule has 0 bridgehead atoms. The molecule has 0 aliphatic carbocycles. The Bertz CT molecular complexity index is 236. The minimum Gasteiger partial charge on any atom is -0.481 e. The first-order chi connectivity index (χ1) is 9.16. The van der Waals surface area contributed by atoms with E-state index < -0.39 is 5.97 Å². The van der Waals surface area contributed by atoms with E-state index in [-0.39, 0.29) is 12.5 Å². The maximum absolute atomic E-state index is 10.3. The lowest BCUT2D eigenvalue weighted by Gasteiger charge is -2.07. The zero-order valence-corrected chi connectivity index (χ0v) is 12.3. The van der Waals surface area contributed by atoms with Gasteiger partial charge in [0.25, 0.3) is 0 Å². The Morgan fingerprint density at radius 3 is 2.42 bits per heavy atom. The Kier molecular flexibility index (Phi) is 13.0. The summed E-state index contributed by atoms with van der Waals surface area (Å²) in [5.74, 6) is -0.750. The molecule has 0 aromatic rings. The Morgan fingerprint density at radius 1 is 1.00 bits per heavy atom. The third-order valence-corrected chi connectivity index (χ3v) is 3.24. The highest BCUT2D eigenvalue weighted by atomic mass is 16.4. The smallest absolute Gasteiger partial charge is 0.303 e. The second-order valence-corrected chi connectivity index (χ2v) is 5.19. The SMILES string of the molecule is CCCCCC/C=C/CCC(O)CCCCC(=O)O. The molecule has 0 aliphatic rings. The summed E-state index contributed by atoms with van der Waals surface area (Å²) >= 11 is 0. The summed E-state index contributed by atoms with van der Waals surface area (Å²) in [4.78, 5) is 10.3. The van der Waals surface area contributed by atoms with Gasteiger partial charge in [-0.15, -0.1) is 0 Å². The summed E-state index contributed by atoms with van der Waals surface area (Å²) in [7, 11) is 0. The zero-order chi connectivity index (χ0) is 14.3. The van der Waals surface area contributed by atoms with Crippen molar-refractivity contribution in [1.82, 2.24) is 0 Å². The molecule has 0 heterocycles. The molecule has 112 valence electrons. The van der Waals surface area contributed by atoms with Crippen molar-refractivity contribution in [3.8, 4) is 0 Å². The number of aliphatic hydroxyl groups excluding tert-OH is 1. The van der Waals surface area contributed by atoms with E-state index in [1.807, 2.05) is 0 Å². The van der Waals surface area contributed by atoms with Gasteiger partial charge in [-0.2, -0.15) is 0 Å². The number of carboxylic acids is 1. The van der Waals surface area contributed by atoms with Crippen LogP contribution in [-0.2, 0) is 4.79 Å². The lowest BCUT2D eigenvalue weighted by atomic mass is 10.1. The van der Waals surface area contributed by atoms with Gasteiger partial charge in [-0.1, -0.05) is 44.8 Å². The van der Waals surface area contributed by atoms with Crippen LogP contribution in [0.25, 0.3) is 0 Å². The fourth-order valence-electron chi connectivity index (χ4n) is 2.01. The molecule has 3 nitrogen and oxygen atoms in total. The van der Waals surface area contributed by atoms with E-state index in [0.29, 0.717) is 6.42 Å². The monoisotopic (exact) mass is 270 g/mol. The van der Waals surface area contributed by atoms with Crippen LogP contribution in [0.1, 0.15) is 77.6 Å². The quantitative estimate of drug-likeness (QED) is 0.387. The predicted octanol–water partition coefficient (Wildman–Crippen LogP) is 4.30. The fourth-order valence-corrected chi connectivity index (χ4v) is 2.01. The molecule has 0 rings (SSSR count). The lowest BCUT2D eigenvalue weighted by Crippen LogP contribution is -2.06. The third kappa shape index (κ3) is 15.1. The minimum absolute atomic E-state index is 0.213. The number of carboxylic acid groups (broad SMARTS) is 1. The number of hydrogen-bond donors (Lipinski definition) is 2. The average molecular weight is 270 g/mol. The van der Waals surface area contributed by atoms with Gasteiger partial charge in [0, 0.05) is 6.42 Å². The molecule has 0 aliphatic heterocycles. The van der Waals surface area contributed by atoms with Crippen LogP contribution in [0.2, 0.25) is 0 Å². The number of hydrogen-bond acceptors (Lipinski definition) is 2. The highest BCUT2D eigenvalue weighted by molar-refractivity contribution is 5.66. The van der Waals surface area contributed by atoms with Crippen LogP contribution >= 0.6 is 0 Å². The van der Waals surface area contributed by atoms with Crippen molar-refractivity contribution in [3.63, 3.8) is 0 Å². The van der Waals surface area contributed by atoms with Crippen LogP contribution in [0, 0.1) is 0 Å². The molecular weight excluding hydrogens is 240 g/mol. The first-order valence-corrected chi connectivity index (χ1v) is 7.71.